The van der Waals surface area contributed by atoms with Crippen LogP contribution in [-0.4, -0.2) is 6.18 Å². The van der Waals surface area contributed by atoms with Gasteiger partial charge in [0.15, 0.2) is 0 Å². The molecule has 3 heteroatoms. The van der Waals surface area contributed by atoms with Crippen LogP contribution in [0.4, 0.5) is 13.2 Å². The number of rotatable bonds is 1. The lowest BCUT2D eigenvalue weighted by Crippen LogP contribution is -2.13. The summed E-state index contributed by atoms with van der Waals surface area (Å²) in [4.78, 5) is 0. The Kier molecular flexibility index (Phi) is 2.91. The highest BCUT2D eigenvalue weighted by Gasteiger charge is 2.34. The zero-order chi connectivity index (χ0) is 9.23. The summed E-state index contributed by atoms with van der Waals surface area (Å²) >= 11 is 0. The second kappa shape index (κ2) is 3.11. The van der Waals surface area contributed by atoms with Gasteiger partial charge in [-0.3, -0.25) is 0 Å². The first-order valence-corrected chi connectivity index (χ1v) is 3.17. The van der Waals surface area contributed by atoms with Crippen molar-refractivity contribution < 1.29 is 13.2 Å². The summed E-state index contributed by atoms with van der Waals surface area (Å²) < 4.78 is 36.3. The molecule has 0 saturated carbocycles. The van der Waals surface area contributed by atoms with Crippen molar-refractivity contribution in [3.8, 4) is 0 Å². The third-order valence-corrected chi connectivity index (χ3v) is 1.21. The van der Waals surface area contributed by atoms with Crippen molar-refractivity contribution >= 4 is 0 Å². The lowest BCUT2D eigenvalue weighted by atomic mass is 10.0. The van der Waals surface area contributed by atoms with Gasteiger partial charge in [0.2, 0.25) is 0 Å². The minimum absolute atomic E-state index is 0.0671. The van der Waals surface area contributed by atoms with Gasteiger partial charge in [-0.2, -0.15) is 13.2 Å². The van der Waals surface area contributed by atoms with Crippen molar-refractivity contribution in [2.75, 3.05) is 0 Å². The van der Waals surface area contributed by atoms with Crippen LogP contribution in [0.1, 0.15) is 20.8 Å². The minimum atomic E-state index is -4.26. The maximum absolute atomic E-state index is 12.1. The van der Waals surface area contributed by atoms with Crippen LogP contribution in [0.3, 0.4) is 0 Å². The summed E-state index contributed by atoms with van der Waals surface area (Å²) in [5.74, 6) is 0. The lowest BCUT2D eigenvalue weighted by molar-refractivity contribution is -0.0900. The standard InChI is InChI=1S/C8H11F3/c1-5(2)7(6(3)4)8(9,10)11/h1H2,2-4H3. The number of halogens is 3. The Balaban J connectivity index is 4.96. The van der Waals surface area contributed by atoms with E-state index in [9.17, 15) is 13.2 Å². The normalized spacial score (nSPS) is 11.1. The van der Waals surface area contributed by atoms with Gasteiger partial charge in [0.1, 0.15) is 0 Å². The summed E-state index contributed by atoms with van der Waals surface area (Å²) in [6, 6.07) is 0. The maximum Gasteiger partial charge on any atom is 0.416 e. The first kappa shape index (κ1) is 10.3. The van der Waals surface area contributed by atoms with Crippen LogP contribution in [0.25, 0.3) is 0 Å². The highest BCUT2D eigenvalue weighted by molar-refractivity contribution is 5.34. The number of allylic oxidation sites excluding steroid dienone is 3. The highest BCUT2D eigenvalue weighted by atomic mass is 19.4. The molecule has 0 atom stereocenters. The van der Waals surface area contributed by atoms with Crippen LogP contribution in [0.2, 0.25) is 0 Å². The zero-order valence-corrected chi connectivity index (χ0v) is 6.84. The van der Waals surface area contributed by atoms with Gasteiger partial charge in [-0.15, -0.1) is 0 Å². The number of hydrogen-bond donors (Lipinski definition) is 0. The molecule has 0 aliphatic rings. The van der Waals surface area contributed by atoms with Crippen molar-refractivity contribution in [2.24, 2.45) is 0 Å². The zero-order valence-electron chi connectivity index (χ0n) is 6.84. The Hall–Kier alpha value is -0.730. The van der Waals surface area contributed by atoms with Crippen molar-refractivity contribution in [1.29, 1.82) is 0 Å². The molecule has 0 aromatic rings. The van der Waals surface area contributed by atoms with E-state index in [1.165, 1.54) is 20.8 Å². The molecule has 0 radical (unpaired) electrons. The summed E-state index contributed by atoms with van der Waals surface area (Å²) in [6.45, 7) is 7.48. The predicted molar refractivity (Wildman–Crippen MR) is 39.2 cm³/mol. The Morgan fingerprint density at radius 3 is 1.45 bits per heavy atom. The largest absolute Gasteiger partial charge is 0.416 e. The average Bonchev–Trinajstić information content (AvgIpc) is 1.54. The molecule has 0 aliphatic carbocycles. The fourth-order valence-corrected chi connectivity index (χ4v) is 0.952. The van der Waals surface area contributed by atoms with E-state index in [2.05, 4.69) is 6.58 Å². The van der Waals surface area contributed by atoms with E-state index in [0.717, 1.165) is 0 Å². The second-order valence-electron chi connectivity index (χ2n) is 2.65. The van der Waals surface area contributed by atoms with Crippen LogP contribution in [0, 0.1) is 0 Å². The van der Waals surface area contributed by atoms with E-state index in [4.69, 9.17) is 0 Å². The minimum Gasteiger partial charge on any atom is -0.166 e. The van der Waals surface area contributed by atoms with Gasteiger partial charge < -0.3 is 0 Å². The van der Waals surface area contributed by atoms with Crippen LogP contribution in [0.5, 0.6) is 0 Å². The monoisotopic (exact) mass is 164 g/mol. The molecule has 0 spiro atoms. The molecule has 0 saturated heterocycles. The van der Waals surface area contributed by atoms with Crippen LogP contribution < -0.4 is 0 Å². The molecule has 0 aromatic carbocycles. The Morgan fingerprint density at radius 1 is 1.09 bits per heavy atom. The lowest BCUT2D eigenvalue weighted by Gasteiger charge is -2.12. The Morgan fingerprint density at radius 2 is 1.45 bits per heavy atom. The SMILES string of the molecule is C=C(C)C(=C(C)C)C(F)(F)F. The Labute approximate surface area is 64.4 Å². The van der Waals surface area contributed by atoms with Crippen LogP contribution in [-0.2, 0) is 0 Å². The molecule has 0 heterocycles. The number of alkyl halides is 3. The van der Waals surface area contributed by atoms with E-state index in [-0.39, 0.29) is 11.1 Å². The maximum atomic E-state index is 12.1. The quantitative estimate of drug-likeness (QED) is 0.520. The molecule has 11 heavy (non-hydrogen) atoms. The van der Waals surface area contributed by atoms with Crippen molar-refractivity contribution in [2.45, 2.75) is 26.9 Å². The van der Waals surface area contributed by atoms with E-state index in [1.54, 1.807) is 0 Å². The van der Waals surface area contributed by atoms with Crippen molar-refractivity contribution in [3.63, 3.8) is 0 Å². The molecule has 0 aromatic heterocycles. The van der Waals surface area contributed by atoms with E-state index < -0.39 is 11.7 Å². The molecule has 0 unspecified atom stereocenters. The first-order chi connectivity index (χ1) is 4.76. The summed E-state index contributed by atoms with van der Waals surface area (Å²) in [7, 11) is 0. The fourth-order valence-electron chi connectivity index (χ4n) is 0.952. The van der Waals surface area contributed by atoms with Gasteiger partial charge in [0, 0.05) is 0 Å². The molecule has 64 valence electrons. The average molecular weight is 164 g/mol. The first-order valence-electron chi connectivity index (χ1n) is 3.17. The molecule has 0 rings (SSSR count). The van der Waals surface area contributed by atoms with Crippen molar-refractivity contribution in [1.82, 2.24) is 0 Å². The third-order valence-electron chi connectivity index (χ3n) is 1.21. The third kappa shape index (κ3) is 2.78. The highest BCUT2D eigenvalue weighted by Crippen LogP contribution is 2.32. The van der Waals surface area contributed by atoms with E-state index >= 15 is 0 Å². The van der Waals surface area contributed by atoms with Gasteiger partial charge in [-0.1, -0.05) is 12.2 Å². The van der Waals surface area contributed by atoms with Gasteiger partial charge in [-0.25, -0.2) is 0 Å². The molecule has 0 fully saturated rings. The number of hydrogen-bond acceptors (Lipinski definition) is 0. The molecule has 0 nitrogen and oxygen atoms in total. The van der Waals surface area contributed by atoms with E-state index in [1.807, 2.05) is 0 Å². The van der Waals surface area contributed by atoms with Crippen LogP contribution in [0.15, 0.2) is 23.3 Å². The second-order valence-corrected chi connectivity index (χ2v) is 2.65. The topological polar surface area (TPSA) is 0 Å². The predicted octanol–water partition coefficient (Wildman–Crippen LogP) is 3.46. The Bertz CT molecular complexity index is 192. The summed E-state index contributed by atoms with van der Waals surface area (Å²) in [5.41, 5.74) is -0.278. The van der Waals surface area contributed by atoms with E-state index in [0.29, 0.717) is 0 Å². The van der Waals surface area contributed by atoms with Gasteiger partial charge >= 0.3 is 6.18 Å². The van der Waals surface area contributed by atoms with Gasteiger partial charge in [-0.05, 0) is 26.3 Å². The smallest absolute Gasteiger partial charge is 0.166 e. The van der Waals surface area contributed by atoms with Gasteiger partial charge in [0.25, 0.3) is 0 Å². The molecule has 0 bridgehead atoms. The summed E-state index contributed by atoms with van der Waals surface area (Å²) in [6.07, 6.45) is -4.26. The summed E-state index contributed by atoms with van der Waals surface area (Å²) in [5, 5.41) is 0. The van der Waals surface area contributed by atoms with Gasteiger partial charge in [0.05, 0.1) is 5.57 Å². The molecular formula is C8H11F3. The van der Waals surface area contributed by atoms with Crippen LogP contribution >= 0.6 is 0 Å². The molecule has 0 amide bonds. The molecule has 0 aliphatic heterocycles. The fraction of sp³-hybridized carbons (Fsp3) is 0.500. The molecule has 0 N–H and O–H groups in total. The van der Waals surface area contributed by atoms with Crippen molar-refractivity contribution in [3.05, 3.63) is 23.3 Å². The molecular weight excluding hydrogens is 153 g/mol.